The first-order chi connectivity index (χ1) is 14.9. The van der Waals surface area contributed by atoms with Crippen LogP contribution in [0.1, 0.15) is 46.0 Å². The van der Waals surface area contributed by atoms with E-state index < -0.39 is 59.7 Å². The average molecular weight is 477 g/mol. The molecule has 4 unspecified atom stereocenters. The minimum Gasteiger partial charge on any atom is -0.480 e. The molecule has 0 aliphatic heterocycles. The number of unbranched alkanes of at least 4 members (excludes halogenated alkanes) is 1. The van der Waals surface area contributed by atoms with E-state index in [-0.39, 0.29) is 25.0 Å². The van der Waals surface area contributed by atoms with Crippen molar-refractivity contribution in [2.45, 2.75) is 70.1 Å². The van der Waals surface area contributed by atoms with Gasteiger partial charge in [0.25, 0.3) is 0 Å². The molecule has 0 fully saturated rings. The van der Waals surface area contributed by atoms with Crippen LogP contribution < -0.4 is 33.2 Å². The highest BCUT2D eigenvalue weighted by atomic mass is 32.1. The summed E-state index contributed by atoms with van der Waals surface area (Å²) in [6.07, 6.45) is 1.05. The number of amides is 4. The Kier molecular flexibility index (Phi) is 14.3. The Morgan fingerprint density at radius 2 is 1.50 bits per heavy atom. The second-order valence-electron chi connectivity index (χ2n) is 7.77. The molecule has 0 rings (SSSR count). The van der Waals surface area contributed by atoms with Gasteiger partial charge in [-0.2, -0.15) is 12.6 Å². The topological polar surface area (TPSA) is 220 Å². The molecule has 4 atom stereocenters. The first kappa shape index (κ1) is 29.6. The van der Waals surface area contributed by atoms with Gasteiger partial charge in [-0.1, -0.05) is 13.8 Å². The van der Waals surface area contributed by atoms with Gasteiger partial charge in [-0.15, -0.1) is 0 Å². The van der Waals surface area contributed by atoms with E-state index in [4.69, 9.17) is 17.2 Å². The monoisotopic (exact) mass is 476 g/mol. The van der Waals surface area contributed by atoms with Crippen molar-refractivity contribution in [3.8, 4) is 0 Å². The van der Waals surface area contributed by atoms with Crippen LogP contribution in [-0.2, 0) is 24.0 Å². The molecule has 0 heterocycles. The molecule has 0 bridgehead atoms. The number of aliphatic carboxylic acids is 1. The Balaban J connectivity index is 5.36. The van der Waals surface area contributed by atoms with Crippen molar-refractivity contribution in [3.05, 3.63) is 0 Å². The molecule has 12 nitrogen and oxygen atoms in total. The maximum atomic E-state index is 12.9. The Hall–Kier alpha value is -2.38. The fraction of sp³-hybridized carbons (Fsp3) is 0.737. The predicted molar refractivity (Wildman–Crippen MR) is 121 cm³/mol. The molecule has 10 N–H and O–H groups in total. The number of thiol groups is 1. The summed E-state index contributed by atoms with van der Waals surface area (Å²) < 4.78 is 0. The highest BCUT2D eigenvalue weighted by Crippen LogP contribution is 2.08. The number of nitrogens with one attached hydrogen (secondary N) is 3. The van der Waals surface area contributed by atoms with Gasteiger partial charge in [0, 0.05) is 12.2 Å². The van der Waals surface area contributed by atoms with E-state index in [0.717, 1.165) is 0 Å². The van der Waals surface area contributed by atoms with E-state index in [9.17, 15) is 29.1 Å². The van der Waals surface area contributed by atoms with E-state index in [0.29, 0.717) is 19.4 Å². The molecular weight excluding hydrogens is 440 g/mol. The largest absolute Gasteiger partial charge is 0.480 e. The summed E-state index contributed by atoms with van der Waals surface area (Å²) in [4.78, 5) is 60.1. The highest BCUT2D eigenvalue weighted by Gasteiger charge is 2.31. The molecular formula is C19H36N6O6S. The van der Waals surface area contributed by atoms with Crippen LogP contribution in [0.4, 0.5) is 0 Å². The highest BCUT2D eigenvalue weighted by molar-refractivity contribution is 7.80. The number of hydrogen-bond donors (Lipinski definition) is 8. The lowest BCUT2D eigenvalue weighted by atomic mass is 10.0. The third kappa shape index (κ3) is 11.3. The molecule has 0 aliphatic carbocycles. The van der Waals surface area contributed by atoms with Gasteiger partial charge in [0.1, 0.15) is 18.1 Å². The van der Waals surface area contributed by atoms with E-state index >= 15 is 0 Å². The number of carbonyl (C=O) groups excluding carboxylic acids is 4. The molecule has 0 radical (unpaired) electrons. The third-order valence-corrected chi connectivity index (χ3v) is 5.05. The summed E-state index contributed by atoms with van der Waals surface area (Å²) in [6.45, 7) is 3.75. The number of rotatable bonds is 16. The summed E-state index contributed by atoms with van der Waals surface area (Å²) in [7, 11) is 0. The van der Waals surface area contributed by atoms with E-state index in [1.807, 2.05) is 0 Å². The summed E-state index contributed by atoms with van der Waals surface area (Å²) in [5.41, 5.74) is 16.2. The van der Waals surface area contributed by atoms with Gasteiger partial charge in [0.15, 0.2) is 0 Å². The summed E-state index contributed by atoms with van der Waals surface area (Å²) in [5, 5.41) is 16.7. The van der Waals surface area contributed by atoms with Crippen molar-refractivity contribution in [3.63, 3.8) is 0 Å². The van der Waals surface area contributed by atoms with Gasteiger partial charge in [0.05, 0.1) is 6.04 Å². The molecule has 0 aromatic rings. The van der Waals surface area contributed by atoms with E-state index in [1.54, 1.807) is 13.8 Å². The molecule has 0 saturated heterocycles. The number of primary amides is 1. The lowest BCUT2D eigenvalue weighted by molar-refractivity contribution is -0.143. The van der Waals surface area contributed by atoms with Crippen LogP contribution in [0.15, 0.2) is 0 Å². The smallest absolute Gasteiger partial charge is 0.326 e. The van der Waals surface area contributed by atoms with Gasteiger partial charge in [-0.3, -0.25) is 19.2 Å². The molecule has 13 heteroatoms. The summed E-state index contributed by atoms with van der Waals surface area (Å²) >= 11 is 3.97. The second-order valence-corrected chi connectivity index (χ2v) is 8.13. The standard InChI is InChI=1S/C19H36N6O6S/c1-10(2)15(18(29)24-13(19(30)31)6-7-14(22)26)25-17(28)12(5-3-4-8-20)23-16(27)11(21)9-32/h10-13,15,32H,3-9,20-21H2,1-2H3,(H2,22,26)(H,23,27)(H,24,29)(H,25,28)(H,30,31). The van der Waals surface area contributed by atoms with Gasteiger partial charge >= 0.3 is 5.97 Å². The maximum Gasteiger partial charge on any atom is 0.326 e. The first-order valence-corrected chi connectivity index (χ1v) is 11.1. The molecule has 0 aromatic carbocycles. The number of carbonyl (C=O) groups is 5. The van der Waals surface area contributed by atoms with Crippen LogP contribution in [0.2, 0.25) is 0 Å². The molecule has 184 valence electrons. The van der Waals surface area contributed by atoms with E-state index in [2.05, 4.69) is 28.6 Å². The van der Waals surface area contributed by atoms with Crippen molar-refractivity contribution in [1.82, 2.24) is 16.0 Å². The Labute approximate surface area is 193 Å². The van der Waals surface area contributed by atoms with Crippen molar-refractivity contribution in [2.75, 3.05) is 12.3 Å². The predicted octanol–water partition coefficient (Wildman–Crippen LogP) is -2.17. The van der Waals surface area contributed by atoms with Gasteiger partial charge in [-0.25, -0.2) is 4.79 Å². The molecule has 32 heavy (non-hydrogen) atoms. The number of carboxylic acids is 1. The Morgan fingerprint density at radius 1 is 0.906 bits per heavy atom. The van der Waals surface area contributed by atoms with Gasteiger partial charge in [-0.05, 0) is 38.1 Å². The fourth-order valence-corrected chi connectivity index (χ4v) is 2.88. The third-order valence-electron chi connectivity index (χ3n) is 4.65. The van der Waals surface area contributed by atoms with Gasteiger partial charge < -0.3 is 38.3 Å². The SMILES string of the molecule is CC(C)C(NC(=O)C(CCCCN)NC(=O)C(N)CS)C(=O)NC(CCC(N)=O)C(=O)O. The van der Waals surface area contributed by atoms with Crippen molar-refractivity contribution >= 4 is 42.2 Å². The summed E-state index contributed by atoms with van der Waals surface area (Å²) in [5.74, 6) is -4.25. The van der Waals surface area contributed by atoms with Crippen molar-refractivity contribution < 1.29 is 29.1 Å². The number of hydrogen-bond acceptors (Lipinski definition) is 8. The minimum absolute atomic E-state index is 0.0852. The Morgan fingerprint density at radius 3 is 1.97 bits per heavy atom. The minimum atomic E-state index is -1.35. The zero-order valence-corrected chi connectivity index (χ0v) is 19.4. The number of carboxylic acid groups (broad SMARTS) is 1. The molecule has 0 spiro atoms. The average Bonchev–Trinajstić information content (AvgIpc) is 2.72. The second kappa shape index (κ2) is 15.4. The van der Waals surface area contributed by atoms with Crippen LogP contribution in [0, 0.1) is 5.92 Å². The maximum absolute atomic E-state index is 12.9. The first-order valence-electron chi connectivity index (χ1n) is 10.4. The molecule has 4 amide bonds. The van der Waals surface area contributed by atoms with Crippen LogP contribution >= 0.6 is 12.6 Å². The van der Waals surface area contributed by atoms with Crippen molar-refractivity contribution in [2.24, 2.45) is 23.1 Å². The fourth-order valence-electron chi connectivity index (χ4n) is 2.72. The number of nitrogens with two attached hydrogens (primary N) is 3. The van der Waals surface area contributed by atoms with Crippen LogP contribution in [0.25, 0.3) is 0 Å². The lowest BCUT2D eigenvalue weighted by Crippen LogP contribution is -2.58. The Bertz CT molecular complexity index is 662. The van der Waals surface area contributed by atoms with Crippen LogP contribution in [-0.4, -0.2) is 71.2 Å². The van der Waals surface area contributed by atoms with Crippen LogP contribution in [0.3, 0.4) is 0 Å². The zero-order valence-electron chi connectivity index (χ0n) is 18.5. The quantitative estimate of drug-likeness (QED) is 0.0902. The van der Waals surface area contributed by atoms with Gasteiger partial charge in [0.2, 0.25) is 23.6 Å². The lowest BCUT2D eigenvalue weighted by Gasteiger charge is -2.27. The van der Waals surface area contributed by atoms with Crippen LogP contribution in [0.5, 0.6) is 0 Å². The zero-order chi connectivity index (χ0) is 24.8. The van der Waals surface area contributed by atoms with Crippen molar-refractivity contribution in [1.29, 1.82) is 0 Å². The molecule has 0 aliphatic rings. The normalized spacial score (nSPS) is 14.7. The summed E-state index contributed by atoms with van der Waals surface area (Å²) in [6, 6.07) is -4.29. The molecule has 0 aromatic heterocycles. The molecule has 0 saturated carbocycles. The van der Waals surface area contributed by atoms with E-state index in [1.165, 1.54) is 0 Å².